The molecule has 4 nitrogen and oxygen atoms in total. The van der Waals surface area contributed by atoms with E-state index in [0.29, 0.717) is 22.2 Å². The Morgan fingerprint density at radius 2 is 2.05 bits per heavy atom. The average molecular weight is 276 g/mol. The molecule has 0 unspecified atom stereocenters. The molecule has 0 amide bonds. The number of aromatic carboxylic acids is 1. The van der Waals surface area contributed by atoms with Gasteiger partial charge in [0, 0.05) is 6.54 Å². The van der Waals surface area contributed by atoms with Crippen LogP contribution in [0.1, 0.15) is 33.4 Å². The van der Waals surface area contributed by atoms with E-state index in [1.165, 1.54) is 22.5 Å². The number of nitrogens with zero attached hydrogens (tertiary/aromatic N) is 1. The van der Waals surface area contributed by atoms with Gasteiger partial charge in [-0.2, -0.15) is 0 Å². The first kappa shape index (κ1) is 13.5. The number of carboxylic acid groups (broad SMARTS) is 1. The maximum Gasteiger partial charge on any atom is 0.347 e. The molecule has 0 aliphatic rings. The summed E-state index contributed by atoms with van der Waals surface area (Å²) < 4.78 is 0. The number of anilines is 1. The normalized spacial score (nSPS) is 10.4. The third kappa shape index (κ3) is 3.12. The van der Waals surface area contributed by atoms with Crippen molar-refractivity contribution in [3.05, 3.63) is 46.0 Å². The van der Waals surface area contributed by atoms with Crippen molar-refractivity contribution in [2.75, 3.05) is 5.32 Å². The van der Waals surface area contributed by atoms with Crippen LogP contribution in [-0.2, 0) is 13.0 Å². The summed E-state index contributed by atoms with van der Waals surface area (Å²) in [6.45, 7) is 4.50. The van der Waals surface area contributed by atoms with Crippen LogP contribution in [0.15, 0.2) is 24.3 Å². The van der Waals surface area contributed by atoms with Crippen LogP contribution in [0.4, 0.5) is 5.13 Å². The molecule has 100 valence electrons. The van der Waals surface area contributed by atoms with Crippen molar-refractivity contribution < 1.29 is 9.90 Å². The van der Waals surface area contributed by atoms with E-state index < -0.39 is 5.97 Å². The third-order valence-corrected chi connectivity index (χ3v) is 4.02. The molecular weight excluding hydrogens is 260 g/mol. The number of thiazole rings is 1. The molecule has 0 saturated carbocycles. The van der Waals surface area contributed by atoms with Gasteiger partial charge in [-0.25, -0.2) is 9.78 Å². The molecule has 2 N–H and O–H groups in total. The van der Waals surface area contributed by atoms with Gasteiger partial charge in [0.05, 0.1) is 5.69 Å². The van der Waals surface area contributed by atoms with Crippen molar-refractivity contribution in [1.29, 1.82) is 0 Å². The summed E-state index contributed by atoms with van der Waals surface area (Å²) in [5.74, 6) is -0.919. The van der Waals surface area contributed by atoms with Gasteiger partial charge < -0.3 is 10.4 Å². The standard InChI is InChI=1S/C14H16N2O2S/c1-3-10-6-4-5-7-11(10)8-15-14-16-9(2)12(19-14)13(17)18/h4-7H,3,8H2,1-2H3,(H,15,16)(H,17,18). The van der Waals surface area contributed by atoms with Crippen LogP contribution >= 0.6 is 11.3 Å². The van der Waals surface area contributed by atoms with E-state index in [-0.39, 0.29) is 0 Å². The van der Waals surface area contributed by atoms with E-state index in [0.717, 1.165) is 6.42 Å². The first-order valence-corrected chi connectivity index (χ1v) is 6.94. The van der Waals surface area contributed by atoms with E-state index in [4.69, 9.17) is 5.11 Å². The molecule has 0 bridgehead atoms. The summed E-state index contributed by atoms with van der Waals surface area (Å²) in [5.41, 5.74) is 3.07. The van der Waals surface area contributed by atoms with Crippen LogP contribution < -0.4 is 5.32 Å². The van der Waals surface area contributed by atoms with Crippen molar-refractivity contribution in [2.45, 2.75) is 26.8 Å². The molecule has 1 heterocycles. The van der Waals surface area contributed by atoms with E-state index in [1.54, 1.807) is 6.92 Å². The van der Waals surface area contributed by atoms with Crippen molar-refractivity contribution in [2.24, 2.45) is 0 Å². The number of aryl methyl sites for hydroxylation is 2. The predicted molar refractivity (Wildman–Crippen MR) is 77.0 cm³/mol. The summed E-state index contributed by atoms with van der Waals surface area (Å²) >= 11 is 1.18. The number of hydrogen-bond donors (Lipinski definition) is 2. The minimum Gasteiger partial charge on any atom is -0.477 e. The zero-order valence-corrected chi connectivity index (χ0v) is 11.8. The van der Waals surface area contributed by atoms with Gasteiger partial charge >= 0.3 is 5.97 Å². The molecule has 0 atom stereocenters. The SMILES string of the molecule is CCc1ccccc1CNc1nc(C)c(C(=O)O)s1. The summed E-state index contributed by atoms with van der Waals surface area (Å²) in [6.07, 6.45) is 0.981. The summed E-state index contributed by atoms with van der Waals surface area (Å²) in [4.78, 5) is 15.5. The molecule has 0 aliphatic heterocycles. The number of aromatic nitrogens is 1. The molecule has 0 fully saturated rings. The summed E-state index contributed by atoms with van der Waals surface area (Å²) in [6, 6.07) is 8.21. The molecule has 2 aromatic rings. The van der Waals surface area contributed by atoms with Gasteiger partial charge in [-0.3, -0.25) is 0 Å². The van der Waals surface area contributed by atoms with Gasteiger partial charge in [-0.1, -0.05) is 42.5 Å². The third-order valence-electron chi connectivity index (χ3n) is 2.92. The minimum absolute atomic E-state index is 0.297. The van der Waals surface area contributed by atoms with Crippen molar-refractivity contribution in [1.82, 2.24) is 4.98 Å². The Morgan fingerprint density at radius 1 is 1.37 bits per heavy atom. The second kappa shape index (κ2) is 5.84. The topological polar surface area (TPSA) is 62.2 Å². The molecule has 5 heteroatoms. The highest BCUT2D eigenvalue weighted by atomic mass is 32.1. The molecule has 1 aromatic heterocycles. The van der Waals surface area contributed by atoms with E-state index in [9.17, 15) is 4.79 Å². The van der Waals surface area contributed by atoms with Gasteiger partial charge in [-0.15, -0.1) is 0 Å². The average Bonchev–Trinajstić information content (AvgIpc) is 2.78. The fourth-order valence-electron chi connectivity index (χ4n) is 1.92. The minimum atomic E-state index is -0.919. The summed E-state index contributed by atoms with van der Waals surface area (Å²) in [5, 5.41) is 12.8. The van der Waals surface area contributed by atoms with Gasteiger partial charge in [0.2, 0.25) is 0 Å². The Bertz CT molecular complexity index is 593. The lowest BCUT2D eigenvalue weighted by Crippen LogP contribution is -2.02. The largest absolute Gasteiger partial charge is 0.477 e. The Kier molecular flexibility index (Phi) is 4.16. The zero-order chi connectivity index (χ0) is 13.8. The fourth-order valence-corrected chi connectivity index (χ4v) is 2.72. The first-order chi connectivity index (χ1) is 9.11. The van der Waals surface area contributed by atoms with Crippen molar-refractivity contribution >= 4 is 22.4 Å². The number of benzene rings is 1. The van der Waals surface area contributed by atoms with E-state index in [2.05, 4.69) is 29.4 Å². The lowest BCUT2D eigenvalue weighted by molar-refractivity contribution is 0.0701. The lowest BCUT2D eigenvalue weighted by Gasteiger charge is -2.07. The highest BCUT2D eigenvalue weighted by Crippen LogP contribution is 2.23. The molecule has 19 heavy (non-hydrogen) atoms. The Balaban J connectivity index is 2.10. The van der Waals surface area contributed by atoms with Crippen molar-refractivity contribution in [3.63, 3.8) is 0 Å². The molecule has 0 spiro atoms. The Morgan fingerprint density at radius 3 is 2.63 bits per heavy atom. The number of carbonyl (C=O) groups is 1. The first-order valence-electron chi connectivity index (χ1n) is 6.13. The predicted octanol–water partition coefficient (Wildman–Crippen LogP) is 3.32. The Labute approximate surface area is 116 Å². The van der Waals surface area contributed by atoms with E-state index in [1.807, 2.05) is 12.1 Å². The van der Waals surface area contributed by atoms with E-state index >= 15 is 0 Å². The fraction of sp³-hybridized carbons (Fsp3) is 0.286. The number of hydrogen-bond acceptors (Lipinski definition) is 4. The van der Waals surface area contributed by atoms with Crippen LogP contribution in [0.3, 0.4) is 0 Å². The monoisotopic (exact) mass is 276 g/mol. The maximum absolute atomic E-state index is 11.0. The molecule has 0 radical (unpaired) electrons. The van der Waals surface area contributed by atoms with Gasteiger partial charge in [0.1, 0.15) is 4.88 Å². The second-order valence-corrected chi connectivity index (χ2v) is 5.21. The maximum atomic E-state index is 11.0. The van der Waals surface area contributed by atoms with Crippen LogP contribution in [0.5, 0.6) is 0 Å². The smallest absolute Gasteiger partial charge is 0.347 e. The zero-order valence-electron chi connectivity index (χ0n) is 10.9. The number of carboxylic acids is 1. The molecular formula is C14H16N2O2S. The van der Waals surface area contributed by atoms with Gasteiger partial charge in [-0.05, 0) is 24.5 Å². The Hall–Kier alpha value is -1.88. The number of rotatable bonds is 5. The highest BCUT2D eigenvalue weighted by molar-refractivity contribution is 7.17. The summed E-state index contributed by atoms with van der Waals surface area (Å²) in [7, 11) is 0. The van der Waals surface area contributed by atoms with Crippen LogP contribution in [0.25, 0.3) is 0 Å². The molecule has 0 saturated heterocycles. The van der Waals surface area contributed by atoms with Gasteiger partial charge in [0.15, 0.2) is 5.13 Å². The van der Waals surface area contributed by atoms with Crippen LogP contribution in [0, 0.1) is 6.92 Å². The van der Waals surface area contributed by atoms with Gasteiger partial charge in [0.25, 0.3) is 0 Å². The molecule has 0 aliphatic carbocycles. The quantitative estimate of drug-likeness (QED) is 0.879. The van der Waals surface area contributed by atoms with Crippen molar-refractivity contribution in [3.8, 4) is 0 Å². The number of nitrogens with one attached hydrogen (secondary N) is 1. The molecule has 1 aromatic carbocycles. The van der Waals surface area contributed by atoms with Crippen LogP contribution in [0.2, 0.25) is 0 Å². The second-order valence-electron chi connectivity index (χ2n) is 4.21. The van der Waals surface area contributed by atoms with Crippen LogP contribution in [-0.4, -0.2) is 16.1 Å². The highest BCUT2D eigenvalue weighted by Gasteiger charge is 2.13. The molecule has 2 rings (SSSR count). The lowest BCUT2D eigenvalue weighted by atomic mass is 10.1.